The van der Waals surface area contributed by atoms with Gasteiger partial charge in [0, 0.05) is 10.8 Å². The number of hydrogen-bond acceptors (Lipinski definition) is 2. The molecule has 3 heteroatoms. The molecule has 0 bridgehead atoms. The number of pyridine rings is 2. The summed E-state index contributed by atoms with van der Waals surface area (Å²) in [4.78, 5) is 5.20. The van der Waals surface area contributed by atoms with E-state index >= 15 is 0 Å². The maximum atomic E-state index is 5.20. The summed E-state index contributed by atoms with van der Waals surface area (Å²) in [6.45, 7) is 0. The molecule has 0 aliphatic carbocycles. The Hall–Kier alpha value is -6.06. The van der Waals surface area contributed by atoms with E-state index in [-0.39, 0.29) is 0 Å². The van der Waals surface area contributed by atoms with Gasteiger partial charge >= 0.3 is 0 Å². The van der Waals surface area contributed by atoms with Crippen LogP contribution >= 0.6 is 0 Å². The lowest BCUT2D eigenvalue weighted by atomic mass is 9.87. The van der Waals surface area contributed by atoms with Gasteiger partial charge < -0.3 is 0 Å². The summed E-state index contributed by atoms with van der Waals surface area (Å²) in [6, 6.07) is 54.4. The van der Waals surface area contributed by atoms with Crippen molar-refractivity contribution < 1.29 is 0 Å². The van der Waals surface area contributed by atoms with Crippen molar-refractivity contribution in [2.75, 3.05) is 0 Å². The fraction of sp³-hybridized carbons (Fsp3) is 0. The molecule has 10 rings (SSSR count). The Morgan fingerprint density at radius 2 is 1.09 bits per heavy atom. The van der Waals surface area contributed by atoms with Gasteiger partial charge in [-0.15, -0.1) is 0 Å². The molecule has 0 unspecified atom stereocenters. The Morgan fingerprint density at radius 3 is 1.89 bits per heavy atom. The first kappa shape index (κ1) is 24.4. The van der Waals surface area contributed by atoms with Crippen LogP contribution in [-0.4, -0.2) is 14.6 Å². The third-order valence-corrected chi connectivity index (χ3v) is 9.37. The van der Waals surface area contributed by atoms with Gasteiger partial charge in [-0.25, -0.2) is 9.50 Å². The van der Waals surface area contributed by atoms with Crippen molar-refractivity contribution in [1.82, 2.24) is 14.6 Å². The first-order valence-corrected chi connectivity index (χ1v) is 15.3. The van der Waals surface area contributed by atoms with Crippen LogP contribution in [0.5, 0.6) is 0 Å². The molecule has 0 spiro atoms. The molecule has 3 nitrogen and oxygen atoms in total. The highest BCUT2D eigenvalue weighted by molar-refractivity contribution is 6.27. The number of rotatable bonds is 3. The highest BCUT2D eigenvalue weighted by Gasteiger charge is 2.16. The second-order valence-corrected chi connectivity index (χ2v) is 11.8. The van der Waals surface area contributed by atoms with Gasteiger partial charge in [0.25, 0.3) is 0 Å². The van der Waals surface area contributed by atoms with E-state index in [2.05, 4.69) is 146 Å². The molecule has 0 amide bonds. The van der Waals surface area contributed by atoms with E-state index in [1.807, 2.05) is 10.6 Å². The van der Waals surface area contributed by atoms with Crippen molar-refractivity contribution >= 4 is 59.6 Å². The van der Waals surface area contributed by atoms with Gasteiger partial charge in [0.15, 0.2) is 0 Å². The van der Waals surface area contributed by atoms with E-state index in [9.17, 15) is 0 Å². The molecular weight excluding hydrogens is 546 g/mol. The molecule has 3 aromatic heterocycles. The van der Waals surface area contributed by atoms with E-state index in [0.29, 0.717) is 0 Å². The number of nitrogens with zero attached hydrogens (tertiary/aromatic N) is 3. The molecular formula is C42H25N3. The number of aromatic nitrogens is 3. The van der Waals surface area contributed by atoms with Crippen molar-refractivity contribution in [3.63, 3.8) is 0 Å². The van der Waals surface area contributed by atoms with Crippen LogP contribution in [0.1, 0.15) is 0 Å². The van der Waals surface area contributed by atoms with Crippen molar-refractivity contribution in [2.45, 2.75) is 0 Å². The summed E-state index contributed by atoms with van der Waals surface area (Å²) in [5.74, 6) is 0. The normalized spacial score (nSPS) is 12.0. The number of fused-ring (bicyclic) bond motifs is 4. The average molecular weight is 572 g/mol. The third kappa shape index (κ3) is 3.58. The van der Waals surface area contributed by atoms with Crippen LogP contribution in [-0.2, 0) is 0 Å². The second kappa shape index (κ2) is 9.22. The van der Waals surface area contributed by atoms with Crippen LogP contribution in [0.4, 0.5) is 0 Å². The molecule has 0 saturated carbocycles. The smallest absolute Gasteiger partial charge is 0.0934 e. The van der Waals surface area contributed by atoms with E-state index in [4.69, 9.17) is 10.1 Å². The SMILES string of the molecule is c1ccc(-c2ccc3ccc4c(-c5ccc6ccc(-c7cccc8c9ccccc9nn78)nc6c5)ccc5ccc2c3c54)cc1. The summed E-state index contributed by atoms with van der Waals surface area (Å²) in [6.07, 6.45) is 0. The fourth-order valence-electron chi connectivity index (χ4n) is 7.24. The second-order valence-electron chi connectivity index (χ2n) is 11.8. The Morgan fingerprint density at radius 1 is 0.422 bits per heavy atom. The molecule has 0 aliphatic heterocycles. The molecule has 3 heterocycles. The zero-order valence-electron chi connectivity index (χ0n) is 24.3. The zero-order valence-corrected chi connectivity index (χ0v) is 24.3. The van der Waals surface area contributed by atoms with Crippen molar-refractivity contribution in [1.29, 1.82) is 0 Å². The number of hydrogen-bond donors (Lipinski definition) is 0. The highest BCUT2D eigenvalue weighted by Crippen LogP contribution is 2.42. The molecule has 0 atom stereocenters. The quantitative estimate of drug-likeness (QED) is 0.197. The van der Waals surface area contributed by atoms with Crippen molar-refractivity contribution in [2.24, 2.45) is 0 Å². The largest absolute Gasteiger partial charge is 0.246 e. The molecule has 0 aliphatic rings. The molecule has 0 fully saturated rings. The average Bonchev–Trinajstić information content (AvgIpc) is 3.49. The van der Waals surface area contributed by atoms with Crippen molar-refractivity contribution in [3.05, 3.63) is 152 Å². The van der Waals surface area contributed by atoms with Gasteiger partial charge in [-0.1, -0.05) is 121 Å². The van der Waals surface area contributed by atoms with Gasteiger partial charge in [-0.3, -0.25) is 0 Å². The first-order chi connectivity index (χ1) is 22.3. The summed E-state index contributed by atoms with van der Waals surface area (Å²) >= 11 is 0. The topological polar surface area (TPSA) is 30.2 Å². The van der Waals surface area contributed by atoms with E-state index in [0.717, 1.165) is 44.3 Å². The third-order valence-electron chi connectivity index (χ3n) is 9.37. The van der Waals surface area contributed by atoms with Gasteiger partial charge in [0.1, 0.15) is 0 Å². The summed E-state index contributed by atoms with van der Waals surface area (Å²) < 4.78 is 2.02. The summed E-state index contributed by atoms with van der Waals surface area (Å²) in [7, 11) is 0. The molecule has 45 heavy (non-hydrogen) atoms. The predicted molar refractivity (Wildman–Crippen MR) is 188 cm³/mol. The standard InChI is InChI=1S/C42H25N3/c1-2-7-26(8-3-1)31-20-15-28-18-23-34-32(21-16-29-17-22-33(31)41(28)42(29)34)30-14-13-27-19-24-37(43-38(27)25-30)40-12-6-11-39-35-9-4-5-10-36(35)44-45(39)40/h1-25H. The van der Waals surface area contributed by atoms with Gasteiger partial charge in [-0.2, -0.15) is 5.10 Å². The molecule has 0 saturated heterocycles. The van der Waals surface area contributed by atoms with Crippen LogP contribution in [0.3, 0.4) is 0 Å². The number of benzene rings is 7. The van der Waals surface area contributed by atoms with Crippen LogP contribution in [0, 0.1) is 0 Å². The fourth-order valence-corrected chi connectivity index (χ4v) is 7.24. The Kier molecular flexibility index (Phi) is 5.00. The van der Waals surface area contributed by atoms with Gasteiger partial charge in [0.05, 0.1) is 27.9 Å². The minimum atomic E-state index is 0.905. The molecule has 10 aromatic rings. The minimum absolute atomic E-state index is 0.905. The van der Waals surface area contributed by atoms with Crippen LogP contribution in [0.15, 0.2) is 152 Å². The van der Waals surface area contributed by atoms with Gasteiger partial charge in [-0.05, 0) is 84.9 Å². The summed E-state index contributed by atoms with van der Waals surface area (Å²) in [5.41, 5.74) is 9.82. The highest BCUT2D eigenvalue weighted by atomic mass is 15.2. The minimum Gasteiger partial charge on any atom is -0.246 e. The van der Waals surface area contributed by atoms with Crippen LogP contribution < -0.4 is 0 Å². The zero-order chi connectivity index (χ0) is 29.5. The van der Waals surface area contributed by atoms with Crippen LogP contribution in [0.25, 0.3) is 93.3 Å². The van der Waals surface area contributed by atoms with E-state index in [1.54, 1.807) is 0 Å². The molecule has 208 valence electrons. The predicted octanol–water partition coefficient (Wildman–Crippen LogP) is 10.9. The molecule has 7 aromatic carbocycles. The lowest BCUT2D eigenvalue weighted by molar-refractivity contribution is 0.984. The van der Waals surface area contributed by atoms with E-state index in [1.165, 1.54) is 49.0 Å². The first-order valence-electron chi connectivity index (χ1n) is 15.3. The Balaban J connectivity index is 1.16. The maximum Gasteiger partial charge on any atom is 0.0934 e. The molecule has 0 N–H and O–H groups in total. The Labute approximate surface area is 259 Å². The lowest BCUT2D eigenvalue weighted by Gasteiger charge is -2.16. The van der Waals surface area contributed by atoms with Crippen molar-refractivity contribution in [3.8, 4) is 33.6 Å². The maximum absolute atomic E-state index is 5.20. The lowest BCUT2D eigenvalue weighted by Crippen LogP contribution is -1.96. The monoisotopic (exact) mass is 571 g/mol. The molecule has 0 radical (unpaired) electrons. The van der Waals surface area contributed by atoms with E-state index < -0.39 is 0 Å². The summed E-state index contributed by atoms with van der Waals surface area (Å²) in [5, 5.41) is 14.9. The Bertz CT molecular complexity index is 2760. The van der Waals surface area contributed by atoms with Gasteiger partial charge in [0.2, 0.25) is 0 Å². The van der Waals surface area contributed by atoms with Crippen LogP contribution in [0.2, 0.25) is 0 Å².